The fourth-order valence-corrected chi connectivity index (χ4v) is 2.38. The highest BCUT2D eigenvalue weighted by atomic mass is 32.1. The third-order valence-corrected chi connectivity index (χ3v) is 3.40. The highest BCUT2D eigenvalue weighted by molar-refractivity contribution is 7.15. The molecule has 0 aliphatic carbocycles. The number of aryl methyl sites for hydroxylation is 2. The van der Waals surface area contributed by atoms with Crippen molar-refractivity contribution in [3.05, 3.63) is 10.6 Å². The van der Waals surface area contributed by atoms with Crippen molar-refractivity contribution in [2.24, 2.45) is 0 Å². The summed E-state index contributed by atoms with van der Waals surface area (Å²) >= 11 is 1.34. The number of anilines is 1. The van der Waals surface area contributed by atoms with Crippen LogP contribution in [-0.4, -0.2) is 39.8 Å². The minimum absolute atomic E-state index is 0.0418. The van der Waals surface area contributed by atoms with E-state index in [0.717, 1.165) is 17.0 Å². The minimum Gasteiger partial charge on any atom is -0.480 e. The SMILES string of the molecule is CCc1nc(NC(=O)NC(CCO)C(=O)O)sc1C. The third kappa shape index (κ3) is 4.49. The Kier molecular flexibility index (Phi) is 5.71. The van der Waals surface area contributed by atoms with E-state index in [1.807, 2.05) is 13.8 Å². The Balaban J connectivity index is 2.60. The number of hydrogen-bond donors (Lipinski definition) is 4. The van der Waals surface area contributed by atoms with Gasteiger partial charge in [-0.25, -0.2) is 14.6 Å². The fourth-order valence-electron chi connectivity index (χ4n) is 1.49. The first-order valence-electron chi connectivity index (χ1n) is 5.85. The van der Waals surface area contributed by atoms with E-state index in [1.54, 1.807) is 0 Å². The van der Waals surface area contributed by atoms with Gasteiger partial charge in [0.05, 0.1) is 5.69 Å². The molecule has 7 nitrogen and oxygen atoms in total. The van der Waals surface area contributed by atoms with Gasteiger partial charge < -0.3 is 15.5 Å². The van der Waals surface area contributed by atoms with E-state index in [1.165, 1.54) is 11.3 Å². The Bertz CT molecular complexity index is 461. The second-order valence-corrected chi connectivity index (χ2v) is 5.08. The summed E-state index contributed by atoms with van der Waals surface area (Å²) < 4.78 is 0. The smallest absolute Gasteiger partial charge is 0.326 e. The van der Waals surface area contributed by atoms with Gasteiger partial charge in [-0.15, -0.1) is 11.3 Å². The van der Waals surface area contributed by atoms with Crippen LogP contribution in [0.5, 0.6) is 0 Å². The molecule has 0 spiro atoms. The lowest BCUT2D eigenvalue weighted by Crippen LogP contribution is -2.43. The maximum atomic E-state index is 11.6. The van der Waals surface area contributed by atoms with Crippen LogP contribution in [0.4, 0.5) is 9.93 Å². The van der Waals surface area contributed by atoms with Crippen molar-refractivity contribution in [2.75, 3.05) is 11.9 Å². The molecule has 0 saturated carbocycles. The molecule has 106 valence electrons. The molecule has 8 heteroatoms. The van der Waals surface area contributed by atoms with E-state index in [0.29, 0.717) is 5.13 Å². The number of nitrogens with one attached hydrogen (secondary N) is 2. The normalized spacial score (nSPS) is 11.9. The van der Waals surface area contributed by atoms with E-state index >= 15 is 0 Å². The van der Waals surface area contributed by atoms with E-state index in [2.05, 4.69) is 15.6 Å². The summed E-state index contributed by atoms with van der Waals surface area (Å²) in [7, 11) is 0. The zero-order valence-corrected chi connectivity index (χ0v) is 11.6. The lowest BCUT2D eigenvalue weighted by atomic mass is 10.2. The number of urea groups is 1. The second kappa shape index (κ2) is 7.05. The first-order valence-corrected chi connectivity index (χ1v) is 6.67. The quantitative estimate of drug-likeness (QED) is 0.623. The summed E-state index contributed by atoms with van der Waals surface area (Å²) in [4.78, 5) is 27.7. The summed E-state index contributed by atoms with van der Waals surface area (Å²) in [5, 5.41) is 22.7. The molecular weight excluding hydrogens is 270 g/mol. The number of amides is 2. The molecular formula is C11H17N3O4S. The maximum absolute atomic E-state index is 11.6. The van der Waals surface area contributed by atoms with Gasteiger partial charge in [0, 0.05) is 17.9 Å². The summed E-state index contributed by atoms with van der Waals surface area (Å²) in [5.41, 5.74) is 0.908. The first kappa shape index (κ1) is 15.4. The number of hydrogen-bond acceptors (Lipinski definition) is 5. The van der Waals surface area contributed by atoms with Gasteiger partial charge in [0.25, 0.3) is 0 Å². The number of thiazole rings is 1. The molecule has 0 aliphatic rings. The van der Waals surface area contributed by atoms with Crippen LogP contribution in [0.25, 0.3) is 0 Å². The topological polar surface area (TPSA) is 112 Å². The molecule has 0 radical (unpaired) electrons. The molecule has 0 saturated heterocycles. The highest BCUT2D eigenvalue weighted by Gasteiger charge is 2.19. The van der Waals surface area contributed by atoms with Crippen LogP contribution in [0.15, 0.2) is 0 Å². The van der Waals surface area contributed by atoms with Crippen molar-refractivity contribution < 1.29 is 19.8 Å². The number of carbonyl (C=O) groups excluding carboxylic acids is 1. The molecule has 19 heavy (non-hydrogen) atoms. The summed E-state index contributed by atoms with van der Waals surface area (Å²) in [5.74, 6) is -1.19. The highest BCUT2D eigenvalue weighted by Crippen LogP contribution is 2.22. The van der Waals surface area contributed by atoms with Gasteiger partial charge in [-0.2, -0.15) is 0 Å². The van der Waals surface area contributed by atoms with E-state index in [4.69, 9.17) is 10.2 Å². The number of aliphatic hydroxyl groups excluding tert-OH is 1. The number of carboxylic acid groups (broad SMARTS) is 1. The fraction of sp³-hybridized carbons (Fsp3) is 0.545. The average molecular weight is 287 g/mol. The van der Waals surface area contributed by atoms with Crippen molar-refractivity contribution in [2.45, 2.75) is 32.7 Å². The monoisotopic (exact) mass is 287 g/mol. The summed E-state index contributed by atoms with van der Waals surface area (Å²) in [6, 6.07) is -1.76. The molecule has 0 aromatic carbocycles. The van der Waals surface area contributed by atoms with Crippen LogP contribution in [-0.2, 0) is 11.2 Å². The molecule has 1 atom stereocenters. The Morgan fingerprint density at radius 2 is 2.16 bits per heavy atom. The number of aromatic nitrogens is 1. The van der Waals surface area contributed by atoms with Gasteiger partial charge in [-0.1, -0.05) is 6.92 Å². The van der Waals surface area contributed by atoms with Crippen molar-refractivity contribution in [1.29, 1.82) is 0 Å². The van der Waals surface area contributed by atoms with Crippen LogP contribution in [0.3, 0.4) is 0 Å². The van der Waals surface area contributed by atoms with Crippen molar-refractivity contribution in [3.63, 3.8) is 0 Å². The predicted molar refractivity (Wildman–Crippen MR) is 71.5 cm³/mol. The molecule has 0 bridgehead atoms. The zero-order valence-electron chi connectivity index (χ0n) is 10.8. The number of carbonyl (C=O) groups is 2. The van der Waals surface area contributed by atoms with Crippen LogP contribution < -0.4 is 10.6 Å². The lowest BCUT2D eigenvalue weighted by Gasteiger charge is -2.12. The lowest BCUT2D eigenvalue weighted by molar-refractivity contribution is -0.139. The first-order chi connectivity index (χ1) is 8.97. The van der Waals surface area contributed by atoms with Gasteiger partial charge >= 0.3 is 12.0 Å². The Morgan fingerprint density at radius 1 is 1.47 bits per heavy atom. The predicted octanol–water partition coefficient (Wildman–Crippen LogP) is 0.971. The molecule has 1 rings (SSSR count). The summed E-state index contributed by atoms with van der Waals surface area (Å²) in [6.07, 6.45) is 0.730. The van der Waals surface area contributed by atoms with Gasteiger partial charge in [0.1, 0.15) is 6.04 Å². The molecule has 1 aromatic rings. The van der Waals surface area contributed by atoms with Crippen molar-refractivity contribution in [1.82, 2.24) is 10.3 Å². The number of nitrogens with zero attached hydrogens (tertiary/aromatic N) is 1. The van der Waals surface area contributed by atoms with Crippen LogP contribution >= 0.6 is 11.3 Å². The Hall–Kier alpha value is -1.67. The molecule has 2 amide bonds. The van der Waals surface area contributed by atoms with Crippen LogP contribution in [0, 0.1) is 6.92 Å². The zero-order chi connectivity index (χ0) is 14.4. The van der Waals surface area contributed by atoms with Gasteiger partial charge in [0.15, 0.2) is 5.13 Å². The van der Waals surface area contributed by atoms with Gasteiger partial charge in [-0.3, -0.25) is 5.32 Å². The van der Waals surface area contributed by atoms with E-state index in [-0.39, 0.29) is 13.0 Å². The maximum Gasteiger partial charge on any atom is 0.326 e. The Morgan fingerprint density at radius 3 is 2.63 bits per heavy atom. The molecule has 0 fully saturated rings. The van der Waals surface area contributed by atoms with Crippen molar-refractivity contribution in [3.8, 4) is 0 Å². The molecule has 1 unspecified atom stereocenters. The van der Waals surface area contributed by atoms with Crippen LogP contribution in [0.2, 0.25) is 0 Å². The van der Waals surface area contributed by atoms with Crippen LogP contribution in [0.1, 0.15) is 23.9 Å². The number of rotatable bonds is 6. The third-order valence-electron chi connectivity index (χ3n) is 2.47. The average Bonchev–Trinajstić information content (AvgIpc) is 2.68. The molecule has 0 aliphatic heterocycles. The van der Waals surface area contributed by atoms with E-state index in [9.17, 15) is 9.59 Å². The Labute approximate surface area is 114 Å². The van der Waals surface area contributed by atoms with Gasteiger partial charge in [-0.05, 0) is 13.3 Å². The minimum atomic E-state index is -1.19. The molecule has 1 aromatic heterocycles. The largest absolute Gasteiger partial charge is 0.480 e. The number of aliphatic carboxylic acids is 1. The number of carboxylic acids is 1. The number of aliphatic hydroxyl groups is 1. The van der Waals surface area contributed by atoms with Gasteiger partial charge in [0.2, 0.25) is 0 Å². The standard InChI is InChI=1S/C11H17N3O4S/c1-3-7-6(2)19-11(13-7)14-10(18)12-8(4-5-15)9(16)17/h8,15H,3-5H2,1-2H3,(H,16,17)(H2,12,13,14,18). The summed E-state index contributed by atoms with van der Waals surface area (Å²) in [6.45, 7) is 3.56. The van der Waals surface area contributed by atoms with E-state index < -0.39 is 18.0 Å². The van der Waals surface area contributed by atoms with Crippen molar-refractivity contribution >= 4 is 28.5 Å². The molecule has 4 N–H and O–H groups in total. The second-order valence-electron chi connectivity index (χ2n) is 3.88. The molecule has 1 heterocycles.